The molecule has 0 amide bonds. The molecule has 0 aliphatic carbocycles. The average molecular weight is 317 g/mol. The first kappa shape index (κ1) is 17.0. The molecule has 2 aromatic rings. The molecule has 0 saturated carbocycles. The maximum absolute atomic E-state index is 4.43. The Hall–Kier alpha value is -1.35. The van der Waals surface area contributed by atoms with Crippen molar-refractivity contribution < 1.29 is 0 Å². The second-order valence-electron chi connectivity index (χ2n) is 6.16. The van der Waals surface area contributed by atoms with Crippen LogP contribution >= 0.6 is 11.3 Å². The van der Waals surface area contributed by atoms with Crippen molar-refractivity contribution in [1.29, 1.82) is 0 Å². The largest absolute Gasteiger partial charge is 0.361 e. The predicted octanol–water partition coefficient (Wildman–Crippen LogP) is 5.84. The number of hydrogen-bond donors (Lipinski definition) is 1. The van der Waals surface area contributed by atoms with Crippen molar-refractivity contribution in [3.05, 3.63) is 46.0 Å². The Balaban J connectivity index is 2.11. The molecular weight excluding hydrogens is 288 g/mol. The molecule has 0 radical (unpaired) electrons. The normalized spacial score (nSPS) is 12.4. The number of anilines is 1. The van der Waals surface area contributed by atoms with Crippen LogP contribution in [0.1, 0.15) is 60.1 Å². The third kappa shape index (κ3) is 4.57. The number of nitrogens with one attached hydrogen (secondary N) is 1. The number of nitrogens with zero attached hydrogens (tertiary/aromatic N) is 1. The van der Waals surface area contributed by atoms with Gasteiger partial charge < -0.3 is 5.32 Å². The summed E-state index contributed by atoms with van der Waals surface area (Å²) in [5.74, 6) is 0.567. The Morgan fingerprint density at radius 2 is 1.86 bits per heavy atom. The van der Waals surface area contributed by atoms with Crippen LogP contribution in [0.15, 0.2) is 24.4 Å². The Labute approximate surface area is 139 Å². The van der Waals surface area contributed by atoms with Gasteiger partial charge in [0, 0.05) is 23.5 Å². The van der Waals surface area contributed by atoms with E-state index < -0.39 is 0 Å². The van der Waals surface area contributed by atoms with Crippen LogP contribution in [0.25, 0.3) is 0 Å². The second kappa shape index (κ2) is 8.33. The summed E-state index contributed by atoms with van der Waals surface area (Å²) in [4.78, 5) is 5.69. The predicted molar refractivity (Wildman–Crippen MR) is 98.1 cm³/mol. The first-order valence-corrected chi connectivity index (χ1v) is 9.16. The van der Waals surface area contributed by atoms with Gasteiger partial charge in [0.1, 0.15) is 0 Å². The van der Waals surface area contributed by atoms with Gasteiger partial charge >= 0.3 is 0 Å². The molecule has 2 nitrogen and oxygen atoms in total. The summed E-state index contributed by atoms with van der Waals surface area (Å²) in [6, 6.07) is 6.64. The molecular formula is C19H28N2S. The summed E-state index contributed by atoms with van der Waals surface area (Å²) in [6.07, 6.45) is 7.08. The summed E-state index contributed by atoms with van der Waals surface area (Å²) in [5, 5.41) is 4.60. The van der Waals surface area contributed by atoms with E-state index in [0.29, 0.717) is 5.92 Å². The van der Waals surface area contributed by atoms with Crippen LogP contribution in [-0.2, 0) is 0 Å². The third-order valence-electron chi connectivity index (χ3n) is 4.23. The molecule has 1 aromatic carbocycles. The number of unbranched alkanes of at least 4 members (excludes halogenated alkanes) is 2. The minimum absolute atomic E-state index is 0.567. The minimum Gasteiger partial charge on any atom is -0.361 e. The summed E-state index contributed by atoms with van der Waals surface area (Å²) in [7, 11) is 0. The van der Waals surface area contributed by atoms with Crippen LogP contribution in [0.2, 0.25) is 0 Å². The van der Waals surface area contributed by atoms with Crippen LogP contribution in [0.4, 0.5) is 5.13 Å². The fraction of sp³-hybridized carbons (Fsp3) is 0.526. The van der Waals surface area contributed by atoms with E-state index in [1.54, 1.807) is 11.3 Å². The van der Waals surface area contributed by atoms with Crippen LogP contribution in [-0.4, -0.2) is 11.5 Å². The van der Waals surface area contributed by atoms with Gasteiger partial charge in [0.05, 0.1) is 0 Å². The van der Waals surface area contributed by atoms with Crippen molar-refractivity contribution in [3.8, 4) is 0 Å². The molecule has 1 aromatic heterocycles. The van der Waals surface area contributed by atoms with Gasteiger partial charge in [-0.25, -0.2) is 4.98 Å². The van der Waals surface area contributed by atoms with E-state index in [1.807, 2.05) is 6.20 Å². The van der Waals surface area contributed by atoms with E-state index >= 15 is 0 Å². The molecule has 0 saturated heterocycles. The van der Waals surface area contributed by atoms with Crippen molar-refractivity contribution in [2.24, 2.45) is 0 Å². The molecule has 3 heteroatoms. The second-order valence-corrected chi connectivity index (χ2v) is 7.39. The van der Waals surface area contributed by atoms with Gasteiger partial charge in [-0.05, 0) is 43.9 Å². The highest BCUT2D eigenvalue weighted by molar-refractivity contribution is 7.15. The van der Waals surface area contributed by atoms with Crippen LogP contribution < -0.4 is 5.32 Å². The zero-order valence-electron chi connectivity index (χ0n) is 14.3. The molecule has 1 N–H and O–H groups in total. The van der Waals surface area contributed by atoms with Gasteiger partial charge in [-0.1, -0.05) is 44.4 Å². The summed E-state index contributed by atoms with van der Waals surface area (Å²) in [5.41, 5.74) is 4.36. The fourth-order valence-corrected chi connectivity index (χ4v) is 3.78. The minimum atomic E-state index is 0.567. The monoisotopic (exact) mass is 316 g/mol. The van der Waals surface area contributed by atoms with E-state index in [-0.39, 0.29) is 0 Å². The molecule has 1 unspecified atom stereocenters. The Morgan fingerprint density at radius 1 is 1.14 bits per heavy atom. The zero-order chi connectivity index (χ0) is 15.9. The number of thiazole rings is 1. The molecule has 1 heterocycles. The van der Waals surface area contributed by atoms with Gasteiger partial charge in [-0.2, -0.15) is 0 Å². The number of hydrogen-bond acceptors (Lipinski definition) is 3. The van der Waals surface area contributed by atoms with Gasteiger partial charge in [0.25, 0.3) is 0 Å². The maximum Gasteiger partial charge on any atom is 0.182 e. The number of benzene rings is 1. The highest BCUT2D eigenvalue weighted by Gasteiger charge is 2.16. The van der Waals surface area contributed by atoms with E-state index in [4.69, 9.17) is 0 Å². The van der Waals surface area contributed by atoms with Crippen molar-refractivity contribution in [3.63, 3.8) is 0 Å². The maximum atomic E-state index is 4.43. The van der Waals surface area contributed by atoms with Gasteiger partial charge in [0.15, 0.2) is 5.13 Å². The quantitative estimate of drug-likeness (QED) is 0.618. The van der Waals surface area contributed by atoms with Gasteiger partial charge in [0.2, 0.25) is 0 Å². The van der Waals surface area contributed by atoms with Crippen LogP contribution in [0.5, 0.6) is 0 Å². The van der Waals surface area contributed by atoms with E-state index in [9.17, 15) is 0 Å². The van der Waals surface area contributed by atoms with Gasteiger partial charge in [-0.3, -0.25) is 0 Å². The SMILES string of the molecule is CCCCCC(CNc1ncc(C)s1)c1c(C)cccc1C. The molecule has 0 aliphatic rings. The lowest BCUT2D eigenvalue weighted by Crippen LogP contribution is -2.15. The molecule has 1 atom stereocenters. The molecule has 120 valence electrons. The van der Waals surface area contributed by atoms with E-state index in [0.717, 1.165) is 11.7 Å². The summed E-state index contributed by atoms with van der Waals surface area (Å²) >= 11 is 1.74. The smallest absolute Gasteiger partial charge is 0.182 e. The first-order valence-electron chi connectivity index (χ1n) is 8.34. The number of aromatic nitrogens is 1. The van der Waals surface area contributed by atoms with Crippen LogP contribution in [0, 0.1) is 20.8 Å². The average Bonchev–Trinajstić information content (AvgIpc) is 2.89. The number of rotatable bonds is 8. The molecule has 2 rings (SSSR count). The summed E-state index contributed by atoms with van der Waals surface area (Å²) in [6.45, 7) is 9.82. The highest BCUT2D eigenvalue weighted by atomic mass is 32.1. The fourth-order valence-electron chi connectivity index (χ4n) is 3.11. The highest BCUT2D eigenvalue weighted by Crippen LogP contribution is 2.29. The molecule has 22 heavy (non-hydrogen) atoms. The zero-order valence-corrected chi connectivity index (χ0v) is 15.1. The molecule has 0 spiro atoms. The van der Waals surface area contributed by atoms with Crippen molar-refractivity contribution in [2.75, 3.05) is 11.9 Å². The lowest BCUT2D eigenvalue weighted by Gasteiger charge is -2.22. The first-order chi connectivity index (χ1) is 10.6. The van der Waals surface area contributed by atoms with E-state index in [1.165, 1.54) is 47.3 Å². The van der Waals surface area contributed by atoms with Crippen molar-refractivity contribution in [1.82, 2.24) is 4.98 Å². The van der Waals surface area contributed by atoms with Gasteiger partial charge in [-0.15, -0.1) is 11.3 Å². The standard InChI is InChI=1S/C19H28N2S/c1-5-6-7-11-17(13-21-19-20-12-16(4)22-19)18-14(2)9-8-10-15(18)3/h8-10,12,17H,5-7,11,13H2,1-4H3,(H,20,21). The summed E-state index contributed by atoms with van der Waals surface area (Å²) < 4.78 is 0. The molecule has 0 fully saturated rings. The topological polar surface area (TPSA) is 24.9 Å². The molecule has 0 aliphatic heterocycles. The lowest BCUT2D eigenvalue weighted by atomic mass is 9.87. The Bertz CT molecular complexity index is 569. The lowest BCUT2D eigenvalue weighted by molar-refractivity contribution is 0.578. The third-order valence-corrected chi connectivity index (χ3v) is 5.10. The van der Waals surface area contributed by atoms with Crippen LogP contribution in [0.3, 0.4) is 0 Å². The number of aryl methyl sites for hydroxylation is 3. The molecule has 0 bridgehead atoms. The Kier molecular flexibility index (Phi) is 6.44. The Morgan fingerprint density at radius 3 is 2.45 bits per heavy atom. The van der Waals surface area contributed by atoms with Crippen molar-refractivity contribution >= 4 is 16.5 Å². The van der Waals surface area contributed by atoms with Crippen molar-refractivity contribution in [2.45, 2.75) is 59.3 Å². The van der Waals surface area contributed by atoms with E-state index in [2.05, 4.69) is 56.2 Å².